The molecule has 2 aliphatic rings. The Morgan fingerprint density at radius 3 is 2.39 bits per heavy atom. The maximum Gasteiger partial charge on any atom is 0.573 e. The van der Waals surface area contributed by atoms with Crippen LogP contribution in [-0.4, -0.2) is 31.7 Å². The lowest BCUT2D eigenvalue weighted by atomic mass is 9.83. The molecule has 2 aromatic rings. The van der Waals surface area contributed by atoms with Crippen LogP contribution in [0.2, 0.25) is 0 Å². The lowest BCUT2D eigenvalue weighted by molar-refractivity contribution is -0.274. The monoisotopic (exact) mass is 413 g/mol. The molecule has 0 bridgehead atoms. The molecule has 2 aromatic carbocycles. The third-order valence-corrected chi connectivity index (χ3v) is 5.50. The molecule has 28 heavy (non-hydrogen) atoms. The summed E-state index contributed by atoms with van der Waals surface area (Å²) in [5.41, 5.74) is 3.07. The molecule has 2 aliphatic heterocycles. The van der Waals surface area contributed by atoms with Crippen LogP contribution in [0.5, 0.6) is 5.75 Å². The van der Waals surface area contributed by atoms with Gasteiger partial charge in [0.2, 0.25) is 0 Å². The summed E-state index contributed by atoms with van der Waals surface area (Å²) in [4.78, 5) is 0. The number of piperidine rings is 1. The summed E-state index contributed by atoms with van der Waals surface area (Å²) in [5, 5.41) is 3.38. The zero-order chi connectivity index (χ0) is 18.9. The molecule has 2 fully saturated rings. The molecule has 1 N–H and O–H groups in total. The second-order valence-corrected chi connectivity index (χ2v) is 7.34. The predicted octanol–water partition coefficient (Wildman–Crippen LogP) is 5.30. The standard InChI is InChI=1S/C21H22F3NO2.ClH/c22-21(23,24)27-19-6-4-15(5-7-19)16-2-1-3-17(12-16)18-13-20(26-14-18)8-10-25-11-9-20;/h1-7,12,18,25H,8-11,13-14H2;1H/t18-;/m0./s1. The number of rotatable bonds is 3. The van der Waals surface area contributed by atoms with Gasteiger partial charge in [0.25, 0.3) is 0 Å². The van der Waals surface area contributed by atoms with Crippen LogP contribution in [0.3, 0.4) is 0 Å². The van der Waals surface area contributed by atoms with Crippen molar-refractivity contribution in [1.29, 1.82) is 0 Å². The Morgan fingerprint density at radius 1 is 1.00 bits per heavy atom. The number of hydrogen-bond acceptors (Lipinski definition) is 3. The molecule has 0 unspecified atom stereocenters. The molecule has 0 amide bonds. The second kappa shape index (κ2) is 8.31. The maximum absolute atomic E-state index is 12.3. The van der Waals surface area contributed by atoms with Gasteiger partial charge in [-0.15, -0.1) is 25.6 Å². The fourth-order valence-electron chi connectivity index (χ4n) is 4.11. The number of halogens is 4. The topological polar surface area (TPSA) is 30.5 Å². The average Bonchev–Trinajstić information content (AvgIpc) is 3.05. The third-order valence-electron chi connectivity index (χ3n) is 5.50. The molecule has 3 nitrogen and oxygen atoms in total. The van der Waals surface area contributed by atoms with Crippen molar-refractivity contribution in [2.24, 2.45) is 0 Å². The van der Waals surface area contributed by atoms with Crippen molar-refractivity contribution in [1.82, 2.24) is 5.32 Å². The Morgan fingerprint density at radius 2 is 1.71 bits per heavy atom. The van der Waals surface area contributed by atoms with Gasteiger partial charge in [-0.2, -0.15) is 0 Å². The Bertz CT molecular complexity index is 789. The first-order valence-electron chi connectivity index (χ1n) is 9.23. The fourth-order valence-corrected chi connectivity index (χ4v) is 4.11. The summed E-state index contributed by atoms with van der Waals surface area (Å²) in [7, 11) is 0. The van der Waals surface area contributed by atoms with E-state index in [0.717, 1.165) is 50.1 Å². The molecular weight excluding hydrogens is 391 g/mol. The largest absolute Gasteiger partial charge is 0.573 e. The van der Waals surface area contributed by atoms with E-state index in [1.807, 2.05) is 12.1 Å². The molecular formula is C21H23ClF3NO2. The highest BCUT2D eigenvalue weighted by atomic mass is 35.5. The van der Waals surface area contributed by atoms with Crippen molar-refractivity contribution in [2.45, 2.75) is 37.1 Å². The first-order chi connectivity index (χ1) is 12.9. The van der Waals surface area contributed by atoms with Crippen molar-refractivity contribution < 1.29 is 22.6 Å². The third kappa shape index (κ3) is 4.80. The van der Waals surface area contributed by atoms with Crippen LogP contribution in [0.4, 0.5) is 13.2 Å². The van der Waals surface area contributed by atoms with E-state index in [1.54, 1.807) is 12.1 Å². The van der Waals surface area contributed by atoms with Gasteiger partial charge in [0.1, 0.15) is 5.75 Å². The Balaban J connectivity index is 0.00000225. The highest BCUT2D eigenvalue weighted by Gasteiger charge is 2.41. The van der Waals surface area contributed by atoms with Crippen LogP contribution < -0.4 is 10.1 Å². The van der Waals surface area contributed by atoms with E-state index in [2.05, 4.69) is 22.2 Å². The van der Waals surface area contributed by atoms with Crippen LogP contribution in [0.1, 0.15) is 30.7 Å². The molecule has 4 rings (SSSR count). The molecule has 2 heterocycles. The minimum absolute atomic E-state index is 0. The molecule has 152 valence electrons. The van der Waals surface area contributed by atoms with E-state index >= 15 is 0 Å². The van der Waals surface area contributed by atoms with Crippen LogP contribution in [0.25, 0.3) is 11.1 Å². The summed E-state index contributed by atoms with van der Waals surface area (Å²) in [6.07, 6.45) is -1.56. The first-order valence-corrected chi connectivity index (χ1v) is 9.23. The lowest BCUT2D eigenvalue weighted by Crippen LogP contribution is -2.41. The van der Waals surface area contributed by atoms with Gasteiger partial charge in [0.05, 0.1) is 12.2 Å². The molecule has 0 radical (unpaired) electrons. The quantitative estimate of drug-likeness (QED) is 0.740. The molecule has 0 aliphatic carbocycles. The highest BCUT2D eigenvalue weighted by molar-refractivity contribution is 5.85. The number of nitrogens with one attached hydrogen (secondary N) is 1. The molecule has 0 saturated carbocycles. The Hall–Kier alpha value is -1.76. The number of ether oxygens (including phenoxy) is 2. The molecule has 1 atom stereocenters. The predicted molar refractivity (Wildman–Crippen MR) is 104 cm³/mol. The van der Waals surface area contributed by atoms with Crippen molar-refractivity contribution in [3.63, 3.8) is 0 Å². The minimum Gasteiger partial charge on any atom is -0.406 e. The first kappa shape index (κ1) is 21.0. The lowest BCUT2D eigenvalue weighted by Gasteiger charge is -2.33. The Labute approximate surface area is 168 Å². The number of alkyl halides is 3. The van der Waals surface area contributed by atoms with Gasteiger partial charge in [-0.05, 0) is 61.2 Å². The number of benzene rings is 2. The molecule has 1 spiro atoms. The van der Waals surface area contributed by atoms with E-state index in [-0.39, 0.29) is 23.8 Å². The normalized spacial score (nSPS) is 21.3. The van der Waals surface area contributed by atoms with Crippen LogP contribution in [-0.2, 0) is 4.74 Å². The van der Waals surface area contributed by atoms with Crippen LogP contribution in [0, 0.1) is 0 Å². The maximum atomic E-state index is 12.3. The number of hydrogen-bond donors (Lipinski definition) is 1. The van der Waals surface area contributed by atoms with Crippen molar-refractivity contribution in [2.75, 3.05) is 19.7 Å². The summed E-state index contributed by atoms with van der Waals surface area (Å²) in [5.74, 6) is 0.148. The van der Waals surface area contributed by atoms with Crippen molar-refractivity contribution in [3.05, 3.63) is 54.1 Å². The summed E-state index contributed by atoms with van der Waals surface area (Å²) in [6.45, 7) is 2.72. The van der Waals surface area contributed by atoms with Gasteiger partial charge in [0.15, 0.2) is 0 Å². The highest BCUT2D eigenvalue weighted by Crippen LogP contribution is 2.42. The van der Waals surface area contributed by atoms with Gasteiger partial charge in [-0.1, -0.05) is 36.4 Å². The summed E-state index contributed by atoms with van der Waals surface area (Å²) in [6, 6.07) is 14.2. The minimum atomic E-state index is -4.67. The van der Waals surface area contributed by atoms with E-state index in [4.69, 9.17) is 4.74 Å². The fraction of sp³-hybridized carbons (Fsp3) is 0.429. The molecule has 0 aromatic heterocycles. The van der Waals surface area contributed by atoms with Gasteiger partial charge in [-0.25, -0.2) is 0 Å². The van der Waals surface area contributed by atoms with Gasteiger partial charge < -0.3 is 14.8 Å². The smallest absolute Gasteiger partial charge is 0.406 e. The summed E-state index contributed by atoms with van der Waals surface area (Å²) < 4.78 is 47.0. The molecule has 2 saturated heterocycles. The molecule has 7 heteroatoms. The van der Waals surface area contributed by atoms with Crippen molar-refractivity contribution in [3.8, 4) is 16.9 Å². The van der Waals surface area contributed by atoms with Gasteiger partial charge >= 0.3 is 6.36 Å². The van der Waals surface area contributed by atoms with Gasteiger partial charge in [0, 0.05) is 5.92 Å². The van der Waals surface area contributed by atoms with E-state index in [9.17, 15) is 13.2 Å². The Kier molecular flexibility index (Phi) is 6.22. The average molecular weight is 414 g/mol. The second-order valence-electron chi connectivity index (χ2n) is 7.34. The van der Waals surface area contributed by atoms with E-state index in [0.29, 0.717) is 5.92 Å². The van der Waals surface area contributed by atoms with E-state index < -0.39 is 6.36 Å². The summed E-state index contributed by atoms with van der Waals surface area (Å²) >= 11 is 0. The van der Waals surface area contributed by atoms with Gasteiger partial charge in [-0.3, -0.25) is 0 Å². The zero-order valence-electron chi connectivity index (χ0n) is 15.3. The SMILES string of the molecule is Cl.FC(F)(F)Oc1ccc(-c2cccc([C@@H]3COC4(CCNCC4)C3)c2)cc1. The van der Waals surface area contributed by atoms with E-state index in [1.165, 1.54) is 17.7 Å². The van der Waals surface area contributed by atoms with Crippen LogP contribution in [0.15, 0.2) is 48.5 Å². The zero-order valence-corrected chi connectivity index (χ0v) is 16.1. The van der Waals surface area contributed by atoms with Crippen LogP contribution >= 0.6 is 12.4 Å². The van der Waals surface area contributed by atoms with Crippen molar-refractivity contribution >= 4 is 12.4 Å².